The van der Waals surface area contributed by atoms with Gasteiger partial charge in [-0.25, -0.2) is 4.39 Å². The number of hydrogen-bond donors (Lipinski definition) is 0. The highest BCUT2D eigenvalue weighted by Crippen LogP contribution is 2.46. The molecule has 0 radical (unpaired) electrons. The van der Waals surface area contributed by atoms with Crippen LogP contribution in [0.4, 0.5) is 4.39 Å². The van der Waals surface area contributed by atoms with Crippen molar-refractivity contribution in [3.8, 4) is 0 Å². The number of benzene rings is 1. The van der Waals surface area contributed by atoms with Crippen LogP contribution in [0.25, 0.3) is 0 Å². The number of likely N-dealkylation sites (tertiary alicyclic amines) is 1. The molecule has 2 fully saturated rings. The first kappa shape index (κ1) is 16.1. The molecule has 0 amide bonds. The van der Waals surface area contributed by atoms with E-state index >= 15 is 0 Å². The van der Waals surface area contributed by atoms with Crippen molar-refractivity contribution in [3.63, 3.8) is 0 Å². The van der Waals surface area contributed by atoms with Gasteiger partial charge in [-0.3, -0.25) is 9.88 Å². The molecule has 0 aliphatic carbocycles. The maximum atomic E-state index is 13.7. The molecule has 0 bridgehead atoms. The number of ether oxygens (including phenoxy) is 1. The van der Waals surface area contributed by atoms with Gasteiger partial charge in [-0.05, 0) is 24.1 Å². The topological polar surface area (TPSA) is 25.4 Å². The molecule has 1 aromatic heterocycles. The molecule has 3 nitrogen and oxygen atoms in total. The molecule has 0 saturated carbocycles. The monoisotopic (exact) mass is 344 g/mol. The maximum absolute atomic E-state index is 13.7. The van der Waals surface area contributed by atoms with Crippen LogP contribution in [0.1, 0.15) is 17.5 Å². The number of hydrogen-bond acceptors (Lipinski definition) is 4. The highest BCUT2D eigenvalue weighted by atomic mass is 32.2. The van der Waals surface area contributed by atoms with Crippen molar-refractivity contribution in [2.45, 2.75) is 30.4 Å². The van der Waals surface area contributed by atoms with E-state index in [1.165, 1.54) is 6.07 Å². The Balaban J connectivity index is 1.25. The predicted octanol–water partition coefficient (Wildman–Crippen LogP) is 3.50. The molecule has 5 heteroatoms. The lowest BCUT2D eigenvalue weighted by atomic mass is 9.92. The van der Waals surface area contributed by atoms with Crippen LogP contribution in [-0.2, 0) is 17.9 Å². The lowest BCUT2D eigenvalue weighted by Crippen LogP contribution is -2.58. The highest BCUT2D eigenvalue weighted by molar-refractivity contribution is 8.01. The lowest BCUT2D eigenvalue weighted by Gasteiger charge is -2.47. The van der Waals surface area contributed by atoms with Gasteiger partial charge in [0.15, 0.2) is 0 Å². The van der Waals surface area contributed by atoms with Crippen LogP contribution in [0.2, 0.25) is 0 Å². The van der Waals surface area contributed by atoms with Crippen LogP contribution in [0.15, 0.2) is 48.8 Å². The predicted molar refractivity (Wildman–Crippen MR) is 94.3 cm³/mol. The van der Waals surface area contributed by atoms with E-state index in [1.54, 1.807) is 12.3 Å². The molecule has 0 N–H and O–H groups in total. The second-order valence-corrected chi connectivity index (χ2v) is 8.22. The second kappa shape index (κ2) is 6.82. The number of rotatable bonds is 5. The smallest absolute Gasteiger partial charge is 0.127 e. The summed E-state index contributed by atoms with van der Waals surface area (Å²) in [4.78, 5) is 6.45. The van der Waals surface area contributed by atoms with Gasteiger partial charge >= 0.3 is 0 Å². The Morgan fingerprint density at radius 1 is 1.25 bits per heavy atom. The minimum Gasteiger partial charge on any atom is -0.373 e. The Morgan fingerprint density at radius 3 is 2.92 bits per heavy atom. The van der Waals surface area contributed by atoms with Gasteiger partial charge in [-0.2, -0.15) is 0 Å². The van der Waals surface area contributed by atoms with Crippen molar-refractivity contribution in [2.24, 2.45) is 0 Å². The number of thioether (sulfide) groups is 1. The van der Waals surface area contributed by atoms with Crippen LogP contribution >= 0.6 is 11.8 Å². The van der Waals surface area contributed by atoms with E-state index in [1.807, 2.05) is 42.2 Å². The fourth-order valence-corrected chi connectivity index (χ4v) is 5.18. The number of nitrogens with zero attached hydrogens (tertiary/aromatic N) is 2. The number of aromatic nitrogens is 1. The summed E-state index contributed by atoms with van der Waals surface area (Å²) >= 11 is 2.02. The molecular formula is C19H21FN2OS. The molecule has 24 heavy (non-hydrogen) atoms. The van der Waals surface area contributed by atoms with Crippen LogP contribution < -0.4 is 0 Å². The SMILES string of the molecule is Fc1ccccc1CN1CC2(C[C@H](OCc3cccnc3)CS2)C1. The molecule has 1 aromatic carbocycles. The summed E-state index contributed by atoms with van der Waals surface area (Å²) in [6, 6.07) is 11.0. The van der Waals surface area contributed by atoms with Crippen LogP contribution in [0.5, 0.6) is 0 Å². The van der Waals surface area contributed by atoms with Crippen molar-refractivity contribution < 1.29 is 9.13 Å². The molecule has 0 unspecified atom stereocenters. The summed E-state index contributed by atoms with van der Waals surface area (Å²) in [6.45, 7) is 3.39. The summed E-state index contributed by atoms with van der Waals surface area (Å²) in [5.41, 5.74) is 1.91. The van der Waals surface area contributed by atoms with E-state index in [4.69, 9.17) is 4.74 Å². The third kappa shape index (κ3) is 3.48. The summed E-state index contributed by atoms with van der Waals surface area (Å²) in [7, 11) is 0. The van der Waals surface area contributed by atoms with E-state index in [2.05, 4.69) is 9.88 Å². The van der Waals surface area contributed by atoms with Crippen molar-refractivity contribution in [1.82, 2.24) is 9.88 Å². The molecule has 2 aromatic rings. The maximum Gasteiger partial charge on any atom is 0.127 e. The zero-order chi connectivity index (χ0) is 16.4. The Bertz CT molecular complexity index is 691. The zero-order valence-electron chi connectivity index (χ0n) is 13.5. The minimum absolute atomic E-state index is 0.102. The summed E-state index contributed by atoms with van der Waals surface area (Å²) in [6.07, 6.45) is 5.04. The molecule has 2 aliphatic heterocycles. The van der Waals surface area contributed by atoms with Gasteiger partial charge in [0.1, 0.15) is 5.82 Å². The van der Waals surface area contributed by atoms with E-state index in [0.29, 0.717) is 24.0 Å². The molecule has 1 spiro atoms. The Labute approximate surface area is 146 Å². The van der Waals surface area contributed by atoms with Gasteiger partial charge in [0.2, 0.25) is 0 Å². The van der Waals surface area contributed by atoms with Gasteiger partial charge in [-0.1, -0.05) is 24.3 Å². The first-order chi connectivity index (χ1) is 11.7. The summed E-state index contributed by atoms with van der Waals surface area (Å²) < 4.78 is 20.1. The third-order valence-electron chi connectivity index (χ3n) is 4.76. The van der Waals surface area contributed by atoms with Crippen molar-refractivity contribution in [1.29, 1.82) is 0 Å². The van der Waals surface area contributed by atoms with E-state index in [-0.39, 0.29) is 5.82 Å². The summed E-state index contributed by atoms with van der Waals surface area (Å²) in [5.74, 6) is 0.948. The Hall–Kier alpha value is -1.43. The number of halogens is 1. The normalized spacial score (nSPS) is 22.6. The van der Waals surface area contributed by atoms with Gasteiger partial charge in [0.25, 0.3) is 0 Å². The van der Waals surface area contributed by atoms with Crippen molar-refractivity contribution in [3.05, 3.63) is 65.7 Å². The molecular weight excluding hydrogens is 323 g/mol. The van der Waals surface area contributed by atoms with E-state index in [0.717, 1.165) is 36.4 Å². The standard InChI is InChI=1S/C19H21FN2OS/c20-18-6-2-1-5-16(18)10-22-13-19(14-22)8-17(12-24-19)23-11-15-4-3-7-21-9-15/h1-7,9,17H,8,10-14H2/t17-/m0/s1. The fourth-order valence-electron chi connectivity index (χ4n) is 3.58. The van der Waals surface area contributed by atoms with Gasteiger partial charge in [0.05, 0.1) is 12.7 Å². The van der Waals surface area contributed by atoms with Crippen molar-refractivity contribution >= 4 is 11.8 Å². The molecule has 126 valence electrons. The van der Waals surface area contributed by atoms with E-state index in [9.17, 15) is 4.39 Å². The third-order valence-corrected chi connectivity index (χ3v) is 6.33. The fraction of sp³-hybridized carbons (Fsp3) is 0.421. The molecule has 3 heterocycles. The zero-order valence-corrected chi connectivity index (χ0v) is 14.3. The van der Waals surface area contributed by atoms with E-state index < -0.39 is 0 Å². The number of pyridine rings is 1. The molecule has 4 rings (SSSR count). The lowest BCUT2D eigenvalue weighted by molar-refractivity contribution is 0.0261. The molecule has 2 aliphatic rings. The van der Waals surface area contributed by atoms with Gasteiger partial charge in [-0.15, -0.1) is 11.8 Å². The Kier molecular flexibility index (Phi) is 4.57. The average Bonchev–Trinajstić information content (AvgIpc) is 3.00. The highest BCUT2D eigenvalue weighted by Gasteiger charge is 2.49. The minimum atomic E-state index is -0.102. The van der Waals surface area contributed by atoms with Crippen LogP contribution in [0, 0.1) is 5.82 Å². The summed E-state index contributed by atoms with van der Waals surface area (Å²) in [5, 5.41) is 0. The second-order valence-electron chi connectivity index (χ2n) is 6.73. The van der Waals surface area contributed by atoms with Gasteiger partial charge < -0.3 is 4.74 Å². The molecule has 1 atom stereocenters. The van der Waals surface area contributed by atoms with Crippen LogP contribution in [-0.4, -0.2) is 39.6 Å². The first-order valence-corrected chi connectivity index (χ1v) is 9.31. The quantitative estimate of drug-likeness (QED) is 0.829. The average molecular weight is 344 g/mol. The first-order valence-electron chi connectivity index (χ1n) is 8.33. The largest absolute Gasteiger partial charge is 0.373 e. The Morgan fingerprint density at radius 2 is 2.12 bits per heavy atom. The molecule has 2 saturated heterocycles. The van der Waals surface area contributed by atoms with Crippen molar-refractivity contribution in [2.75, 3.05) is 18.8 Å². The van der Waals surface area contributed by atoms with Gasteiger partial charge in [0, 0.05) is 48.1 Å². The van der Waals surface area contributed by atoms with Crippen LogP contribution in [0.3, 0.4) is 0 Å².